The van der Waals surface area contributed by atoms with Crippen LogP contribution in [0.25, 0.3) is 0 Å². The molecule has 2 aromatic carbocycles. The van der Waals surface area contributed by atoms with Gasteiger partial charge >= 0.3 is 11.9 Å². The molecule has 2 atom stereocenters. The number of nitrogens with zero attached hydrogens (tertiary/aromatic N) is 1. The van der Waals surface area contributed by atoms with Gasteiger partial charge in [-0.3, -0.25) is 0 Å². The lowest BCUT2D eigenvalue weighted by molar-refractivity contribution is -0.165. The third-order valence-corrected chi connectivity index (χ3v) is 5.59. The van der Waals surface area contributed by atoms with E-state index < -0.39 is 34.2 Å². The summed E-state index contributed by atoms with van der Waals surface area (Å²) in [5.74, 6) is -2.22. The molecule has 0 amide bonds. The molecule has 0 heterocycles. The van der Waals surface area contributed by atoms with E-state index in [1.165, 1.54) is 6.07 Å². The highest BCUT2D eigenvalue weighted by molar-refractivity contribution is 7.98. The molecule has 0 radical (unpaired) electrons. The van der Waals surface area contributed by atoms with E-state index in [1.54, 1.807) is 23.9 Å². The van der Waals surface area contributed by atoms with Gasteiger partial charge in [-0.05, 0) is 62.8 Å². The fourth-order valence-electron chi connectivity index (χ4n) is 2.34. The second-order valence-electron chi connectivity index (χ2n) is 6.90. The van der Waals surface area contributed by atoms with E-state index in [4.69, 9.17) is 30.3 Å². The van der Waals surface area contributed by atoms with Crippen molar-refractivity contribution in [3.8, 4) is 11.5 Å². The molecule has 33 heavy (non-hydrogen) atoms. The summed E-state index contributed by atoms with van der Waals surface area (Å²) in [6.45, 7) is 0.543. The Morgan fingerprint density at radius 3 is 1.94 bits per heavy atom. The molecule has 0 saturated carbocycles. The van der Waals surface area contributed by atoms with Gasteiger partial charge < -0.3 is 30.1 Å². The van der Waals surface area contributed by atoms with Gasteiger partial charge in [0.15, 0.2) is 12.2 Å². The largest absolute Gasteiger partial charge is 0.479 e. The number of primary sulfonamides is 1. The number of benzene rings is 2. The number of ether oxygens (including phenoxy) is 1. The lowest BCUT2D eigenvalue weighted by atomic mass is 10.2. The van der Waals surface area contributed by atoms with Crippen molar-refractivity contribution in [3.05, 3.63) is 48.0 Å². The van der Waals surface area contributed by atoms with Crippen molar-refractivity contribution in [1.29, 1.82) is 0 Å². The summed E-state index contributed by atoms with van der Waals surface area (Å²) in [5.41, 5.74) is 0.760. The van der Waals surface area contributed by atoms with Crippen LogP contribution in [0, 0.1) is 0 Å². The Morgan fingerprint density at radius 2 is 1.55 bits per heavy atom. The minimum Gasteiger partial charge on any atom is -0.479 e. The minimum atomic E-state index is -3.74. The monoisotopic (exact) mass is 502 g/mol. The molecular weight excluding hydrogens is 476 g/mol. The van der Waals surface area contributed by atoms with Crippen molar-refractivity contribution in [1.82, 2.24) is 4.90 Å². The summed E-state index contributed by atoms with van der Waals surface area (Å²) in [6, 6.07) is 12.4. The number of carboxylic acids is 2. The van der Waals surface area contributed by atoms with Gasteiger partial charge in [-0.25, -0.2) is 23.1 Å². The van der Waals surface area contributed by atoms with Gasteiger partial charge in [0.2, 0.25) is 10.0 Å². The molecule has 13 heteroatoms. The first-order chi connectivity index (χ1) is 15.3. The number of carboxylic acid groups (broad SMARTS) is 2. The summed E-state index contributed by atoms with van der Waals surface area (Å²) in [4.78, 5) is 22.7. The fourth-order valence-corrected chi connectivity index (χ4v) is 3.31. The molecule has 0 aliphatic carbocycles. The molecule has 0 bridgehead atoms. The maximum atomic E-state index is 11.5. The molecule has 0 aromatic heterocycles. The quantitative estimate of drug-likeness (QED) is 0.305. The van der Waals surface area contributed by atoms with Crippen molar-refractivity contribution in [2.75, 3.05) is 20.4 Å². The van der Waals surface area contributed by atoms with Crippen LogP contribution in [0.1, 0.15) is 5.56 Å². The number of nitrogens with two attached hydrogens (primary N) is 1. The van der Waals surface area contributed by atoms with E-state index in [0.29, 0.717) is 18.0 Å². The Kier molecular flexibility index (Phi) is 10.8. The van der Waals surface area contributed by atoms with E-state index in [1.807, 2.05) is 49.5 Å². The predicted molar refractivity (Wildman–Crippen MR) is 121 cm³/mol. The maximum absolute atomic E-state index is 11.5. The zero-order valence-corrected chi connectivity index (χ0v) is 19.7. The van der Waals surface area contributed by atoms with Crippen molar-refractivity contribution >= 4 is 33.7 Å². The first kappa shape index (κ1) is 28.4. The smallest absolute Gasteiger partial charge is 0.335 e. The highest BCUT2D eigenvalue weighted by Crippen LogP contribution is 2.29. The van der Waals surface area contributed by atoms with Gasteiger partial charge in [0, 0.05) is 17.0 Å². The van der Waals surface area contributed by atoms with Crippen molar-refractivity contribution in [2.45, 2.75) is 28.5 Å². The molecule has 0 fully saturated rings. The molecule has 182 valence electrons. The average Bonchev–Trinajstić information content (AvgIpc) is 2.73. The van der Waals surface area contributed by atoms with Gasteiger partial charge in [0.05, 0.1) is 4.90 Å². The first-order valence-corrected chi connectivity index (χ1v) is 12.0. The third kappa shape index (κ3) is 9.37. The van der Waals surface area contributed by atoms with Crippen molar-refractivity contribution < 1.29 is 43.2 Å². The lowest BCUT2D eigenvalue weighted by Gasteiger charge is -2.16. The van der Waals surface area contributed by atoms with E-state index in [2.05, 4.69) is 0 Å². The average molecular weight is 503 g/mol. The van der Waals surface area contributed by atoms with Crippen LogP contribution < -0.4 is 9.88 Å². The Balaban J connectivity index is 0.000000461. The van der Waals surface area contributed by atoms with Crippen LogP contribution >= 0.6 is 11.8 Å². The summed E-state index contributed by atoms with van der Waals surface area (Å²) >= 11 is 1.66. The number of rotatable bonds is 9. The van der Waals surface area contributed by atoms with Gasteiger partial charge in [-0.1, -0.05) is 0 Å². The molecule has 0 aliphatic rings. The van der Waals surface area contributed by atoms with Crippen LogP contribution in [0.2, 0.25) is 0 Å². The van der Waals surface area contributed by atoms with Gasteiger partial charge in [0.1, 0.15) is 11.5 Å². The third-order valence-electron chi connectivity index (χ3n) is 3.94. The molecule has 2 rings (SSSR count). The Hall–Kier alpha value is -2.68. The number of aliphatic hydroxyl groups is 2. The van der Waals surface area contributed by atoms with Crippen LogP contribution in [0.15, 0.2) is 52.3 Å². The molecule has 0 spiro atoms. The topological polar surface area (TPSA) is 188 Å². The van der Waals surface area contributed by atoms with E-state index in [-0.39, 0.29) is 4.90 Å². The molecule has 11 nitrogen and oxygen atoms in total. The van der Waals surface area contributed by atoms with Crippen molar-refractivity contribution in [3.63, 3.8) is 0 Å². The molecule has 0 aliphatic heterocycles. The van der Waals surface area contributed by atoms with Crippen LogP contribution in [-0.2, 0) is 26.2 Å². The van der Waals surface area contributed by atoms with Gasteiger partial charge in [-0.2, -0.15) is 0 Å². The number of thioether (sulfide) groups is 1. The minimum absolute atomic E-state index is 0.0828. The molecule has 6 N–H and O–H groups in total. The SMILES string of the molecule is CSc1ccc(Oc2ccc(S(N)(=O)=O)cc2CN(C)C)cc1.O=C(O)[C@H](O)[C@@H](O)C(=O)O. The van der Waals surface area contributed by atoms with Crippen LogP contribution in [0.4, 0.5) is 0 Å². The number of aliphatic hydroxyl groups excluding tert-OH is 2. The highest BCUT2D eigenvalue weighted by atomic mass is 32.2. The number of hydrogen-bond acceptors (Lipinski definition) is 9. The summed E-state index contributed by atoms with van der Waals surface area (Å²) in [5, 5.41) is 37.7. The summed E-state index contributed by atoms with van der Waals surface area (Å²) in [7, 11) is 0.0703. The van der Waals surface area contributed by atoms with Crippen LogP contribution in [0.3, 0.4) is 0 Å². The fraction of sp³-hybridized carbons (Fsp3) is 0.300. The molecule has 0 saturated heterocycles. The normalized spacial score (nSPS) is 12.9. The lowest BCUT2D eigenvalue weighted by Crippen LogP contribution is -2.39. The van der Waals surface area contributed by atoms with Crippen LogP contribution in [0.5, 0.6) is 11.5 Å². The second-order valence-corrected chi connectivity index (χ2v) is 9.34. The van der Waals surface area contributed by atoms with E-state index in [9.17, 15) is 18.0 Å². The van der Waals surface area contributed by atoms with Crippen LogP contribution in [-0.4, -0.2) is 78.2 Å². The summed E-state index contributed by atoms with van der Waals surface area (Å²) in [6.07, 6.45) is -2.52. The Bertz CT molecular complexity index is 1040. The zero-order chi connectivity index (χ0) is 25.3. The molecule has 2 aromatic rings. The maximum Gasteiger partial charge on any atom is 0.335 e. The van der Waals surface area contributed by atoms with E-state index >= 15 is 0 Å². The van der Waals surface area contributed by atoms with Crippen molar-refractivity contribution in [2.24, 2.45) is 5.14 Å². The number of carbonyl (C=O) groups is 2. The first-order valence-electron chi connectivity index (χ1n) is 9.20. The number of hydrogen-bond donors (Lipinski definition) is 5. The zero-order valence-electron chi connectivity index (χ0n) is 18.1. The standard InChI is InChI=1S/C16H20N2O3S2.C4H6O6/c1-18(2)11-12-10-15(23(17,19)20)8-9-16(12)21-13-4-6-14(22-3)7-5-13;5-1(3(7)8)2(6)4(9)10/h4-10H,11H2,1-3H3,(H2,17,19,20);1-2,5-6H,(H,7,8)(H,9,10)/t;1-,2-/m.1/s1. The predicted octanol–water partition coefficient (Wildman–Crippen LogP) is 0.787. The Morgan fingerprint density at radius 1 is 1.03 bits per heavy atom. The Labute approximate surface area is 195 Å². The van der Waals surface area contributed by atoms with E-state index in [0.717, 1.165) is 10.5 Å². The van der Waals surface area contributed by atoms with Gasteiger partial charge in [0.25, 0.3) is 0 Å². The molecule has 0 unspecified atom stereocenters. The number of sulfonamides is 1. The van der Waals surface area contributed by atoms with Gasteiger partial charge in [-0.15, -0.1) is 11.8 Å². The second kappa shape index (κ2) is 12.5. The number of aliphatic carboxylic acids is 2. The highest BCUT2D eigenvalue weighted by Gasteiger charge is 2.29. The summed E-state index contributed by atoms with van der Waals surface area (Å²) < 4.78 is 29.0. The molecular formula is C20H26N2O9S2.